The Kier molecular flexibility index (Phi) is 8.61. The summed E-state index contributed by atoms with van der Waals surface area (Å²) in [6, 6.07) is 0.860. The largest absolute Gasteiger partial charge is 0.500 e. The highest BCUT2D eigenvalue weighted by molar-refractivity contribution is 6.60. The van der Waals surface area contributed by atoms with Crippen LogP contribution in [0, 0.1) is 11.3 Å². The van der Waals surface area contributed by atoms with Crippen LogP contribution >= 0.6 is 0 Å². The molecule has 0 aliphatic heterocycles. The minimum Gasteiger partial charge on any atom is -0.374 e. The summed E-state index contributed by atoms with van der Waals surface area (Å²) in [7, 11) is -2.57. The Bertz CT molecular complexity index is 328. The molecule has 2 atom stereocenters. The molecule has 22 heavy (non-hydrogen) atoms. The molecule has 0 spiro atoms. The van der Waals surface area contributed by atoms with Gasteiger partial charge in [0.25, 0.3) is 0 Å². The summed E-state index contributed by atoms with van der Waals surface area (Å²) in [5, 5.41) is 0. The van der Waals surface area contributed by atoms with Gasteiger partial charge in [0, 0.05) is 25.9 Å². The van der Waals surface area contributed by atoms with Crippen LogP contribution in [0.25, 0.3) is 0 Å². The minimum absolute atomic E-state index is 0.129. The lowest BCUT2D eigenvalue weighted by molar-refractivity contribution is 0.0645. The molecule has 0 aromatic carbocycles. The van der Waals surface area contributed by atoms with Crippen LogP contribution in [-0.2, 0) is 13.3 Å². The molecule has 0 N–H and O–H groups in total. The van der Waals surface area contributed by atoms with Gasteiger partial charge >= 0.3 is 8.80 Å². The van der Waals surface area contributed by atoms with E-state index in [1.807, 2.05) is 20.8 Å². The van der Waals surface area contributed by atoms with E-state index in [2.05, 4.69) is 25.3 Å². The molecule has 4 heteroatoms. The van der Waals surface area contributed by atoms with Gasteiger partial charge in [-0.05, 0) is 51.4 Å². The standard InChI is InChI=1S/C18H34O3Si/c1-6-17-13-11-12-14-18(17,7-2)15-16-22(19-8-3,20-9-4)21-10-5/h6-7,17H,1-2,8-16H2,3-5H3. The maximum Gasteiger partial charge on any atom is 0.500 e. The summed E-state index contributed by atoms with van der Waals surface area (Å²) >= 11 is 0. The Morgan fingerprint density at radius 1 is 1.05 bits per heavy atom. The molecule has 2 unspecified atom stereocenters. The van der Waals surface area contributed by atoms with Crippen LogP contribution in [0.2, 0.25) is 6.04 Å². The zero-order valence-corrected chi connectivity index (χ0v) is 15.7. The third kappa shape index (κ3) is 4.78. The van der Waals surface area contributed by atoms with Gasteiger partial charge in [-0.25, -0.2) is 0 Å². The summed E-state index contributed by atoms with van der Waals surface area (Å²) < 4.78 is 18.0. The zero-order chi connectivity index (χ0) is 16.5. The van der Waals surface area contributed by atoms with Crippen molar-refractivity contribution in [2.45, 2.75) is 58.9 Å². The first-order valence-corrected chi connectivity index (χ1v) is 10.7. The molecule has 1 fully saturated rings. The molecule has 0 heterocycles. The van der Waals surface area contributed by atoms with Gasteiger partial charge in [-0.2, -0.15) is 0 Å². The van der Waals surface area contributed by atoms with E-state index >= 15 is 0 Å². The number of rotatable bonds is 11. The average Bonchev–Trinajstić information content (AvgIpc) is 2.54. The predicted molar refractivity (Wildman–Crippen MR) is 94.8 cm³/mol. The van der Waals surface area contributed by atoms with Crippen LogP contribution in [0.4, 0.5) is 0 Å². The summed E-state index contributed by atoms with van der Waals surface area (Å²) in [6.07, 6.45) is 10.2. The molecule has 128 valence electrons. The normalized spacial score (nSPS) is 25.9. The van der Waals surface area contributed by atoms with Crippen molar-refractivity contribution in [3.8, 4) is 0 Å². The van der Waals surface area contributed by atoms with Gasteiger partial charge in [0.15, 0.2) is 0 Å². The Morgan fingerprint density at radius 2 is 1.64 bits per heavy atom. The van der Waals surface area contributed by atoms with Crippen molar-refractivity contribution in [2.24, 2.45) is 11.3 Å². The second kappa shape index (κ2) is 9.66. The van der Waals surface area contributed by atoms with E-state index in [-0.39, 0.29) is 5.41 Å². The molecule has 3 nitrogen and oxygen atoms in total. The zero-order valence-electron chi connectivity index (χ0n) is 14.7. The first-order valence-electron chi connectivity index (χ1n) is 8.80. The van der Waals surface area contributed by atoms with Crippen molar-refractivity contribution in [1.82, 2.24) is 0 Å². The second-order valence-electron chi connectivity index (χ2n) is 6.01. The summed E-state index contributed by atoms with van der Waals surface area (Å²) in [4.78, 5) is 0. The van der Waals surface area contributed by atoms with Crippen molar-refractivity contribution in [3.63, 3.8) is 0 Å². The molecule has 0 aromatic heterocycles. The Morgan fingerprint density at radius 3 is 2.09 bits per heavy atom. The predicted octanol–water partition coefficient (Wildman–Crippen LogP) is 4.97. The van der Waals surface area contributed by atoms with Crippen LogP contribution in [0.15, 0.2) is 25.3 Å². The molecule has 1 rings (SSSR count). The highest BCUT2D eigenvalue weighted by Crippen LogP contribution is 2.47. The lowest BCUT2D eigenvalue weighted by atomic mass is 9.65. The lowest BCUT2D eigenvalue weighted by Gasteiger charge is -2.42. The first-order chi connectivity index (χ1) is 10.6. The van der Waals surface area contributed by atoms with E-state index < -0.39 is 8.80 Å². The van der Waals surface area contributed by atoms with Crippen molar-refractivity contribution in [2.75, 3.05) is 19.8 Å². The summed E-state index contributed by atoms with van der Waals surface area (Å²) in [6.45, 7) is 16.1. The highest BCUT2D eigenvalue weighted by atomic mass is 28.4. The third-order valence-electron chi connectivity index (χ3n) is 4.83. The molecule has 0 radical (unpaired) electrons. The van der Waals surface area contributed by atoms with Gasteiger partial charge < -0.3 is 13.3 Å². The molecular weight excluding hydrogens is 292 g/mol. The van der Waals surface area contributed by atoms with Crippen LogP contribution in [0.1, 0.15) is 52.9 Å². The fraction of sp³-hybridized carbons (Fsp3) is 0.778. The Balaban J connectivity index is 2.86. The van der Waals surface area contributed by atoms with Crippen molar-refractivity contribution in [1.29, 1.82) is 0 Å². The number of hydrogen-bond acceptors (Lipinski definition) is 3. The topological polar surface area (TPSA) is 27.7 Å². The van der Waals surface area contributed by atoms with E-state index in [4.69, 9.17) is 13.3 Å². The molecule has 0 amide bonds. The Labute approximate surface area is 138 Å². The van der Waals surface area contributed by atoms with Crippen LogP contribution in [0.3, 0.4) is 0 Å². The van der Waals surface area contributed by atoms with E-state index in [0.717, 1.165) is 12.5 Å². The summed E-state index contributed by atoms with van der Waals surface area (Å²) in [5.74, 6) is 0.510. The van der Waals surface area contributed by atoms with Gasteiger partial charge in [0.05, 0.1) is 0 Å². The Hall–Kier alpha value is -0.423. The first kappa shape index (κ1) is 19.6. The van der Waals surface area contributed by atoms with Crippen molar-refractivity contribution >= 4 is 8.80 Å². The third-order valence-corrected chi connectivity index (χ3v) is 7.87. The van der Waals surface area contributed by atoms with E-state index in [0.29, 0.717) is 25.7 Å². The van der Waals surface area contributed by atoms with Crippen LogP contribution in [0.5, 0.6) is 0 Å². The number of hydrogen-bond donors (Lipinski definition) is 0. The van der Waals surface area contributed by atoms with Gasteiger partial charge in [-0.1, -0.05) is 25.0 Å². The number of allylic oxidation sites excluding steroid dienone is 2. The van der Waals surface area contributed by atoms with Crippen LogP contribution in [-0.4, -0.2) is 28.6 Å². The fourth-order valence-electron chi connectivity index (χ4n) is 3.70. The van der Waals surface area contributed by atoms with Crippen molar-refractivity contribution < 1.29 is 13.3 Å². The second-order valence-corrected chi connectivity index (χ2v) is 8.74. The fourth-order valence-corrected chi connectivity index (χ4v) is 6.47. The lowest BCUT2D eigenvalue weighted by Crippen LogP contribution is -2.47. The van der Waals surface area contributed by atoms with Gasteiger partial charge in [-0.3, -0.25) is 0 Å². The summed E-state index contributed by atoms with van der Waals surface area (Å²) in [5.41, 5.74) is 0.129. The molecule has 0 aromatic rings. The van der Waals surface area contributed by atoms with Crippen molar-refractivity contribution in [3.05, 3.63) is 25.3 Å². The smallest absolute Gasteiger partial charge is 0.374 e. The maximum absolute atomic E-state index is 5.99. The monoisotopic (exact) mass is 326 g/mol. The van der Waals surface area contributed by atoms with Gasteiger partial charge in [0.1, 0.15) is 0 Å². The van der Waals surface area contributed by atoms with Gasteiger partial charge in [-0.15, -0.1) is 13.2 Å². The molecule has 0 saturated heterocycles. The average molecular weight is 327 g/mol. The molecule has 1 saturated carbocycles. The molecular formula is C18H34O3Si. The van der Waals surface area contributed by atoms with Crippen LogP contribution < -0.4 is 0 Å². The molecule has 0 bridgehead atoms. The maximum atomic E-state index is 5.99. The quantitative estimate of drug-likeness (QED) is 0.396. The van der Waals surface area contributed by atoms with Gasteiger partial charge in [0.2, 0.25) is 0 Å². The molecule has 1 aliphatic carbocycles. The minimum atomic E-state index is -2.57. The van der Waals surface area contributed by atoms with E-state index in [9.17, 15) is 0 Å². The SMILES string of the molecule is C=CC1CCCCC1(C=C)CC[Si](OCC)(OCC)OCC. The van der Waals surface area contributed by atoms with E-state index in [1.165, 1.54) is 25.7 Å². The highest BCUT2D eigenvalue weighted by Gasteiger charge is 2.45. The molecule has 1 aliphatic rings. The van der Waals surface area contributed by atoms with E-state index in [1.54, 1.807) is 0 Å².